The highest BCUT2D eigenvalue weighted by Gasteiger charge is 2.18. The first kappa shape index (κ1) is 27.7. The second-order valence-electron chi connectivity index (χ2n) is 11.5. The number of phenols is 1. The summed E-state index contributed by atoms with van der Waals surface area (Å²) < 4.78 is 15.6. The van der Waals surface area contributed by atoms with Gasteiger partial charge in [0.1, 0.15) is 29.6 Å². The van der Waals surface area contributed by atoms with Crippen LogP contribution >= 0.6 is 11.3 Å². The van der Waals surface area contributed by atoms with Crippen molar-refractivity contribution in [1.29, 1.82) is 0 Å². The van der Waals surface area contributed by atoms with Crippen LogP contribution in [0.25, 0.3) is 26.2 Å². The van der Waals surface area contributed by atoms with Crippen LogP contribution < -0.4 is 9.47 Å². The maximum Gasteiger partial charge on any atom is 0.127 e. The summed E-state index contributed by atoms with van der Waals surface area (Å²) in [6.45, 7) is 4.08. The Labute approximate surface area is 256 Å². The summed E-state index contributed by atoms with van der Waals surface area (Å²) in [5, 5.41) is 11.4. The van der Waals surface area contributed by atoms with E-state index >= 15 is 0 Å². The topological polar surface area (TPSA) is 59.8 Å². The third-order valence-electron chi connectivity index (χ3n) is 8.52. The predicted octanol–water partition coefficient (Wildman–Crippen LogP) is 8.36. The SMILES string of the molecule is Oc1ccc2c(Cc3ccc(OC4=C(n5ccnc5)CCCC4)cc3)c(-c3ccc(OCCN4CCCC4)cc3)sc2c1. The van der Waals surface area contributed by atoms with Crippen LogP contribution in [0.5, 0.6) is 17.2 Å². The number of aromatic hydroxyl groups is 1. The van der Waals surface area contributed by atoms with Gasteiger partial charge in [0.25, 0.3) is 0 Å². The van der Waals surface area contributed by atoms with Gasteiger partial charge in [0, 0.05) is 34.9 Å². The Balaban J connectivity index is 1.10. The zero-order chi connectivity index (χ0) is 29.0. The molecule has 1 N–H and O–H groups in total. The first-order valence-corrected chi connectivity index (χ1v) is 16.2. The molecule has 6 nitrogen and oxygen atoms in total. The number of ether oxygens (including phenoxy) is 2. The first-order chi connectivity index (χ1) is 21.2. The van der Waals surface area contributed by atoms with Gasteiger partial charge in [-0.25, -0.2) is 4.98 Å². The third kappa shape index (κ3) is 6.33. The number of thiophene rings is 1. The Morgan fingerprint density at radius 1 is 0.860 bits per heavy atom. The Kier molecular flexibility index (Phi) is 8.17. The van der Waals surface area contributed by atoms with Crippen molar-refractivity contribution in [2.45, 2.75) is 44.9 Å². The molecule has 0 bridgehead atoms. The fourth-order valence-corrected chi connectivity index (χ4v) is 7.49. The van der Waals surface area contributed by atoms with Crippen molar-refractivity contribution < 1.29 is 14.6 Å². The average Bonchev–Trinajstić information content (AvgIpc) is 3.82. The van der Waals surface area contributed by atoms with Crippen LogP contribution in [-0.2, 0) is 6.42 Å². The van der Waals surface area contributed by atoms with E-state index < -0.39 is 0 Å². The molecular weight excluding hydrogens is 554 g/mol. The van der Waals surface area contributed by atoms with Crippen molar-refractivity contribution in [1.82, 2.24) is 14.5 Å². The molecule has 0 unspecified atom stereocenters. The van der Waals surface area contributed by atoms with Crippen LogP contribution in [0.2, 0.25) is 0 Å². The standard InChI is InChI=1S/C36H37N3O3S/c40-28-11-16-31-32(23-26-7-12-30(13-8-26)42-34-6-2-1-5-33(34)39-20-17-37-25-39)36(43-35(31)24-28)27-9-14-29(15-10-27)41-22-21-38-18-3-4-19-38/h7-17,20,24-25,40H,1-6,18-19,21-23H2. The van der Waals surface area contributed by atoms with Crippen LogP contribution in [0, 0.1) is 0 Å². The number of imidazole rings is 1. The Morgan fingerprint density at radius 2 is 1.65 bits per heavy atom. The summed E-state index contributed by atoms with van der Waals surface area (Å²) >= 11 is 1.73. The molecule has 220 valence electrons. The zero-order valence-corrected chi connectivity index (χ0v) is 25.2. The van der Waals surface area contributed by atoms with Gasteiger partial charge in [-0.3, -0.25) is 4.90 Å². The van der Waals surface area contributed by atoms with E-state index in [1.54, 1.807) is 17.4 Å². The number of rotatable bonds is 10. The second kappa shape index (κ2) is 12.7. The number of allylic oxidation sites excluding steroid dienone is 2. The van der Waals surface area contributed by atoms with Gasteiger partial charge in [-0.2, -0.15) is 0 Å². The number of benzene rings is 3. The molecule has 7 heteroatoms. The smallest absolute Gasteiger partial charge is 0.127 e. The van der Waals surface area contributed by atoms with Crippen molar-refractivity contribution >= 4 is 27.1 Å². The highest BCUT2D eigenvalue weighted by molar-refractivity contribution is 7.22. The number of likely N-dealkylation sites (tertiary alicyclic amines) is 1. The van der Waals surface area contributed by atoms with E-state index in [0.717, 1.165) is 54.2 Å². The maximum absolute atomic E-state index is 10.2. The number of nitrogens with zero attached hydrogens (tertiary/aromatic N) is 3. The van der Waals surface area contributed by atoms with Crippen LogP contribution in [0.15, 0.2) is 91.2 Å². The molecule has 3 heterocycles. The molecule has 1 fully saturated rings. The first-order valence-electron chi connectivity index (χ1n) is 15.4. The third-order valence-corrected chi connectivity index (χ3v) is 9.76. The van der Waals surface area contributed by atoms with Crippen molar-refractivity contribution in [3.8, 4) is 27.7 Å². The van der Waals surface area contributed by atoms with Gasteiger partial charge in [0.15, 0.2) is 0 Å². The molecule has 2 aliphatic rings. The molecule has 1 aliphatic carbocycles. The van der Waals surface area contributed by atoms with Gasteiger partial charge in [0.2, 0.25) is 0 Å². The van der Waals surface area contributed by atoms with E-state index in [1.807, 2.05) is 30.9 Å². The molecule has 0 saturated carbocycles. The Bertz CT molecular complexity index is 1700. The lowest BCUT2D eigenvalue weighted by Gasteiger charge is -2.21. The summed E-state index contributed by atoms with van der Waals surface area (Å²) in [7, 11) is 0. The molecule has 43 heavy (non-hydrogen) atoms. The number of hydrogen-bond donors (Lipinski definition) is 1. The van der Waals surface area contributed by atoms with Crippen LogP contribution in [-0.4, -0.2) is 45.8 Å². The molecular formula is C36H37N3O3S. The molecule has 2 aromatic heterocycles. The lowest BCUT2D eigenvalue weighted by molar-refractivity contribution is 0.238. The minimum Gasteiger partial charge on any atom is -0.508 e. The number of fused-ring (bicyclic) bond motifs is 1. The van der Waals surface area contributed by atoms with E-state index in [4.69, 9.17) is 9.47 Å². The lowest BCUT2D eigenvalue weighted by Crippen LogP contribution is -2.25. The lowest BCUT2D eigenvalue weighted by atomic mass is 9.98. The molecule has 7 rings (SSSR count). The van der Waals surface area contributed by atoms with Gasteiger partial charge in [-0.15, -0.1) is 11.3 Å². The molecule has 5 aromatic rings. The largest absolute Gasteiger partial charge is 0.508 e. The summed E-state index contributed by atoms with van der Waals surface area (Å²) in [5.74, 6) is 3.09. The summed E-state index contributed by atoms with van der Waals surface area (Å²) in [4.78, 5) is 7.92. The highest BCUT2D eigenvalue weighted by Crippen LogP contribution is 2.41. The molecule has 1 saturated heterocycles. The summed E-state index contributed by atoms with van der Waals surface area (Å²) in [6, 6.07) is 22.7. The number of hydrogen-bond acceptors (Lipinski definition) is 6. The van der Waals surface area contributed by atoms with Crippen LogP contribution in [0.4, 0.5) is 0 Å². The van der Waals surface area contributed by atoms with Gasteiger partial charge < -0.3 is 19.1 Å². The van der Waals surface area contributed by atoms with E-state index in [-0.39, 0.29) is 0 Å². The van der Waals surface area contributed by atoms with Gasteiger partial charge in [0.05, 0.1) is 12.0 Å². The maximum atomic E-state index is 10.2. The molecule has 0 amide bonds. The Hall–Kier alpha value is -4.07. The van der Waals surface area contributed by atoms with E-state index in [2.05, 4.69) is 63.0 Å². The van der Waals surface area contributed by atoms with Crippen molar-refractivity contribution in [3.05, 3.63) is 102 Å². The van der Waals surface area contributed by atoms with E-state index in [0.29, 0.717) is 12.4 Å². The summed E-state index contributed by atoms with van der Waals surface area (Å²) in [5.41, 5.74) is 4.86. The van der Waals surface area contributed by atoms with Gasteiger partial charge in [-0.1, -0.05) is 12.1 Å². The average molecular weight is 592 g/mol. The second-order valence-corrected chi connectivity index (χ2v) is 12.5. The zero-order valence-electron chi connectivity index (χ0n) is 24.4. The van der Waals surface area contributed by atoms with E-state index in [1.165, 1.54) is 65.0 Å². The van der Waals surface area contributed by atoms with E-state index in [9.17, 15) is 5.11 Å². The van der Waals surface area contributed by atoms with Crippen LogP contribution in [0.3, 0.4) is 0 Å². The molecule has 1 aliphatic heterocycles. The van der Waals surface area contributed by atoms with Crippen molar-refractivity contribution in [2.75, 3.05) is 26.2 Å². The fraction of sp³-hybridized carbons (Fsp3) is 0.306. The van der Waals surface area contributed by atoms with Crippen molar-refractivity contribution in [2.24, 2.45) is 0 Å². The van der Waals surface area contributed by atoms with Crippen molar-refractivity contribution in [3.63, 3.8) is 0 Å². The number of phenolic OH excluding ortho intramolecular Hbond substituents is 1. The summed E-state index contributed by atoms with van der Waals surface area (Å²) in [6.07, 6.45) is 13.3. The minimum absolute atomic E-state index is 0.294. The quantitative estimate of drug-likeness (QED) is 0.177. The monoisotopic (exact) mass is 591 g/mol. The van der Waals surface area contributed by atoms with Crippen LogP contribution in [0.1, 0.15) is 49.7 Å². The normalized spacial score (nSPS) is 15.8. The van der Waals surface area contributed by atoms with Gasteiger partial charge >= 0.3 is 0 Å². The Morgan fingerprint density at radius 3 is 2.44 bits per heavy atom. The fourth-order valence-electron chi connectivity index (χ4n) is 6.23. The minimum atomic E-state index is 0.294. The van der Waals surface area contributed by atoms with Gasteiger partial charge in [-0.05, 0) is 128 Å². The number of aromatic nitrogens is 2. The molecule has 0 spiro atoms. The highest BCUT2D eigenvalue weighted by atomic mass is 32.1. The predicted molar refractivity (Wildman–Crippen MR) is 174 cm³/mol. The molecule has 3 aromatic carbocycles. The molecule has 0 atom stereocenters. The molecule has 0 radical (unpaired) electrons.